The standard InChI is InChI=1S/C13H13BrF2N2O3/c14-8-3-10(16)11(4-9(8)15)17-13(21)18(6-12(19)20)5-7-1-2-7/h3-4,7H,1-2,5-6H2,(H,17,21)(H,19,20). The van der Waals surface area contributed by atoms with Crippen LogP contribution in [0, 0.1) is 17.6 Å². The van der Waals surface area contributed by atoms with E-state index in [9.17, 15) is 18.4 Å². The van der Waals surface area contributed by atoms with E-state index in [1.54, 1.807) is 0 Å². The van der Waals surface area contributed by atoms with E-state index in [1.165, 1.54) is 0 Å². The molecule has 0 atom stereocenters. The lowest BCUT2D eigenvalue weighted by molar-refractivity contribution is -0.137. The van der Waals surface area contributed by atoms with E-state index < -0.39 is 30.2 Å². The number of nitrogens with one attached hydrogen (secondary N) is 1. The van der Waals surface area contributed by atoms with Gasteiger partial charge in [-0.05, 0) is 40.8 Å². The van der Waals surface area contributed by atoms with Gasteiger partial charge in [-0.2, -0.15) is 0 Å². The third-order valence-electron chi connectivity index (χ3n) is 3.04. The van der Waals surface area contributed by atoms with Gasteiger partial charge in [-0.1, -0.05) is 0 Å². The first-order chi connectivity index (χ1) is 9.86. The van der Waals surface area contributed by atoms with E-state index in [2.05, 4.69) is 21.2 Å². The van der Waals surface area contributed by atoms with Gasteiger partial charge in [0.1, 0.15) is 18.2 Å². The fourth-order valence-electron chi connectivity index (χ4n) is 1.81. The summed E-state index contributed by atoms with van der Waals surface area (Å²) in [5.74, 6) is -2.41. The number of benzene rings is 1. The van der Waals surface area contributed by atoms with Gasteiger partial charge in [0.2, 0.25) is 0 Å². The Morgan fingerprint density at radius 3 is 2.57 bits per heavy atom. The quantitative estimate of drug-likeness (QED) is 0.790. The number of aliphatic carboxylic acids is 1. The van der Waals surface area contributed by atoms with Crippen LogP contribution in [0.2, 0.25) is 0 Å². The first kappa shape index (κ1) is 15.7. The molecule has 0 saturated heterocycles. The number of carbonyl (C=O) groups is 2. The van der Waals surface area contributed by atoms with E-state index in [-0.39, 0.29) is 16.1 Å². The summed E-state index contributed by atoms with van der Waals surface area (Å²) in [6.45, 7) is -0.193. The molecule has 1 fully saturated rings. The molecule has 0 aromatic heterocycles. The molecular weight excluding hydrogens is 350 g/mol. The third-order valence-corrected chi connectivity index (χ3v) is 3.65. The number of carbonyl (C=O) groups excluding carboxylic acids is 1. The van der Waals surface area contributed by atoms with Gasteiger partial charge < -0.3 is 15.3 Å². The molecule has 1 aromatic carbocycles. The Morgan fingerprint density at radius 1 is 1.33 bits per heavy atom. The van der Waals surface area contributed by atoms with Crippen LogP contribution < -0.4 is 5.32 Å². The van der Waals surface area contributed by atoms with Crippen molar-refractivity contribution in [1.29, 1.82) is 0 Å². The molecule has 2 rings (SSSR count). The van der Waals surface area contributed by atoms with E-state index in [4.69, 9.17) is 5.11 Å². The Balaban J connectivity index is 2.10. The minimum Gasteiger partial charge on any atom is -0.480 e. The highest BCUT2D eigenvalue weighted by Crippen LogP contribution is 2.30. The summed E-state index contributed by atoms with van der Waals surface area (Å²) in [6, 6.07) is 0.978. The lowest BCUT2D eigenvalue weighted by atomic mass is 10.3. The van der Waals surface area contributed by atoms with Crippen LogP contribution in [0.25, 0.3) is 0 Å². The summed E-state index contributed by atoms with van der Waals surface area (Å²) in [5.41, 5.74) is -0.327. The zero-order chi connectivity index (χ0) is 15.6. The molecule has 0 bridgehead atoms. The van der Waals surface area contributed by atoms with Crippen LogP contribution in [0.4, 0.5) is 19.3 Å². The first-order valence-corrected chi connectivity index (χ1v) is 7.08. The largest absolute Gasteiger partial charge is 0.480 e. The highest BCUT2D eigenvalue weighted by atomic mass is 79.9. The van der Waals surface area contributed by atoms with Crippen molar-refractivity contribution in [2.24, 2.45) is 5.92 Å². The molecule has 5 nitrogen and oxygen atoms in total. The molecule has 8 heteroatoms. The molecule has 1 saturated carbocycles. The zero-order valence-electron chi connectivity index (χ0n) is 10.9. The Hall–Kier alpha value is -1.70. The minimum absolute atomic E-state index is 0.0571. The van der Waals surface area contributed by atoms with Crippen molar-refractivity contribution in [3.63, 3.8) is 0 Å². The molecule has 2 amide bonds. The van der Waals surface area contributed by atoms with Crippen molar-refractivity contribution < 1.29 is 23.5 Å². The maximum absolute atomic E-state index is 13.6. The second-order valence-electron chi connectivity index (χ2n) is 4.89. The van der Waals surface area contributed by atoms with E-state index >= 15 is 0 Å². The molecular formula is C13H13BrF2N2O3. The van der Waals surface area contributed by atoms with Gasteiger partial charge in [0.25, 0.3) is 0 Å². The summed E-state index contributed by atoms with van der Waals surface area (Å²) in [4.78, 5) is 23.9. The van der Waals surface area contributed by atoms with Crippen LogP contribution in [-0.4, -0.2) is 35.1 Å². The van der Waals surface area contributed by atoms with Crippen molar-refractivity contribution in [3.05, 3.63) is 28.2 Å². The molecule has 1 aliphatic carbocycles. The topological polar surface area (TPSA) is 69.6 Å². The van der Waals surface area contributed by atoms with Crippen LogP contribution in [0.5, 0.6) is 0 Å². The van der Waals surface area contributed by atoms with Crippen LogP contribution >= 0.6 is 15.9 Å². The fourth-order valence-corrected chi connectivity index (χ4v) is 2.12. The number of anilines is 1. The van der Waals surface area contributed by atoms with Crippen LogP contribution in [0.3, 0.4) is 0 Å². The highest BCUT2D eigenvalue weighted by Gasteiger charge is 2.28. The summed E-state index contributed by atoms with van der Waals surface area (Å²) < 4.78 is 27.0. The van der Waals surface area contributed by atoms with E-state index in [0.29, 0.717) is 6.54 Å². The van der Waals surface area contributed by atoms with Gasteiger partial charge in [-0.3, -0.25) is 4.79 Å². The maximum Gasteiger partial charge on any atom is 0.323 e. The first-order valence-electron chi connectivity index (χ1n) is 6.29. The van der Waals surface area contributed by atoms with Gasteiger partial charge in [0.05, 0.1) is 10.2 Å². The maximum atomic E-state index is 13.6. The molecule has 0 spiro atoms. The summed E-state index contributed by atoms with van der Waals surface area (Å²) in [6.07, 6.45) is 1.87. The monoisotopic (exact) mass is 362 g/mol. The summed E-state index contributed by atoms with van der Waals surface area (Å²) >= 11 is 2.83. The number of urea groups is 1. The normalized spacial score (nSPS) is 13.9. The third kappa shape index (κ3) is 4.38. The Labute approximate surface area is 128 Å². The number of hydrogen-bond donors (Lipinski definition) is 2. The molecule has 21 heavy (non-hydrogen) atoms. The zero-order valence-corrected chi connectivity index (χ0v) is 12.5. The number of rotatable bonds is 5. The summed E-state index contributed by atoms with van der Waals surface area (Å²) in [7, 11) is 0. The highest BCUT2D eigenvalue weighted by molar-refractivity contribution is 9.10. The molecule has 1 aromatic rings. The van der Waals surface area contributed by atoms with Gasteiger partial charge in [-0.15, -0.1) is 0 Å². The average molecular weight is 363 g/mol. The average Bonchev–Trinajstić information content (AvgIpc) is 3.18. The Morgan fingerprint density at radius 2 is 2.00 bits per heavy atom. The van der Waals surface area contributed by atoms with Crippen LogP contribution in [0.1, 0.15) is 12.8 Å². The number of hydrogen-bond acceptors (Lipinski definition) is 2. The number of nitrogens with zero attached hydrogens (tertiary/aromatic N) is 1. The van der Waals surface area contributed by atoms with E-state index in [1.807, 2.05) is 0 Å². The van der Waals surface area contributed by atoms with Gasteiger partial charge in [-0.25, -0.2) is 13.6 Å². The number of amides is 2. The van der Waals surface area contributed by atoms with Gasteiger partial charge in [0, 0.05) is 12.6 Å². The lowest BCUT2D eigenvalue weighted by Crippen LogP contribution is -2.40. The summed E-state index contributed by atoms with van der Waals surface area (Å²) in [5, 5.41) is 11.0. The Kier molecular flexibility index (Phi) is 4.76. The van der Waals surface area contributed by atoms with E-state index in [0.717, 1.165) is 29.9 Å². The number of carboxylic acids is 1. The molecule has 0 aliphatic heterocycles. The molecule has 0 unspecified atom stereocenters. The van der Waals surface area contributed by atoms with Crippen LogP contribution in [-0.2, 0) is 4.79 Å². The molecule has 0 heterocycles. The fraction of sp³-hybridized carbons (Fsp3) is 0.385. The number of carboxylic acid groups (broad SMARTS) is 1. The SMILES string of the molecule is O=C(O)CN(CC1CC1)C(=O)Nc1cc(F)c(Br)cc1F. The van der Waals surface area contributed by atoms with Crippen LogP contribution in [0.15, 0.2) is 16.6 Å². The van der Waals surface area contributed by atoms with Crippen molar-refractivity contribution in [1.82, 2.24) is 4.90 Å². The second-order valence-corrected chi connectivity index (χ2v) is 5.75. The predicted molar refractivity (Wildman–Crippen MR) is 75.0 cm³/mol. The molecule has 114 valence electrons. The molecule has 1 aliphatic rings. The van der Waals surface area contributed by atoms with Crippen molar-refractivity contribution >= 4 is 33.6 Å². The smallest absolute Gasteiger partial charge is 0.323 e. The number of halogens is 3. The molecule has 2 N–H and O–H groups in total. The van der Waals surface area contributed by atoms with Crippen molar-refractivity contribution in [3.8, 4) is 0 Å². The lowest BCUT2D eigenvalue weighted by Gasteiger charge is -2.21. The van der Waals surface area contributed by atoms with Crippen molar-refractivity contribution in [2.45, 2.75) is 12.8 Å². The van der Waals surface area contributed by atoms with Crippen molar-refractivity contribution in [2.75, 3.05) is 18.4 Å². The Bertz CT molecular complexity index is 579. The minimum atomic E-state index is -1.16. The molecule has 0 radical (unpaired) electrons. The predicted octanol–water partition coefficient (Wildman–Crippen LogP) is 3.06. The second kappa shape index (κ2) is 6.38. The van der Waals surface area contributed by atoms with Gasteiger partial charge in [0.15, 0.2) is 0 Å². The van der Waals surface area contributed by atoms with Gasteiger partial charge >= 0.3 is 12.0 Å².